The predicted molar refractivity (Wildman–Crippen MR) is 133 cm³/mol. The number of likely N-dealkylation sites (N-methyl/N-ethyl adjacent to an activating group) is 1. The topological polar surface area (TPSA) is 102 Å². The highest BCUT2D eigenvalue weighted by Gasteiger charge is 2.22. The van der Waals surface area contributed by atoms with Crippen LogP contribution in [0.4, 0.5) is 0 Å². The Labute approximate surface area is 206 Å². The number of carboxylic acids is 1. The summed E-state index contributed by atoms with van der Waals surface area (Å²) in [7, 11) is 5.89. The molecule has 0 aliphatic heterocycles. The van der Waals surface area contributed by atoms with Crippen LogP contribution in [-0.4, -0.2) is 86.5 Å². The Bertz CT molecular complexity index is 584. The van der Waals surface area contributed by atoms with Gasteiger partial charge < -0.3 is 28.9 Å². The maximum Gasteiger partial charge on any atom is 0.361 e. The number of allylic oxidation sites excluding steroid dienone is 4. The first-order valence-corrected chi connectivity index (χ1v) is 12.6. The third kappa shape index (κ3) is 22.1. The van der Waals surface area contributed by atoms with E-state index in [2.05, 4.69) is 31.2 Å². The maximum atomic E-state index is 11.8. The third-order valence-electron chi connectivity index (χ3n) is 4.92. The van der Waals surface area contributed by atoms with Crippen molar-refractivity contribution in [2.75, 3.05) is 47.5 Å². The van der Waals surface area contributed by atoms with Crippen LogP contribution in [0.15, 0.2) is 24.3 Å². The molecule has 0 aromatic heterocycles. The molecular weight excluding hydrogens is 438 g/mol. The first kappa shape index (κ1) is 32.3. The van der Waals surface area contributed by atoms with Crippen molar-refractivity contribution in [3.8, 4) is 0 Å². The van der Waals surface area contributed by atoms with Crippen molar-refractivity contribution in [2.45, 2.75) is 83.5 Å². The lowest BCUT2D eigenvalue weighted by Gasteiger charge is -2.24. The molecule has 8 heteroatoms. The monoisotopic (exact) mass is 486 g/mol. The summed E-state index contributed by atoms with van der Waals surface area (Å²) in [4.78, 5) is 23.0. The van der Waals surface area contributed by atoms with Crippen LogP contribution in [0.5, 0.6) is 0 Å². The highest BCUT2D eigenvalue weighted by Crippen LogP contribution is 2.09. The lowest BCUT2D eigenvalue weighted by atomic mass is 10.1. The van der Waals surface area contributed by atoms with Gasteiger partial charge in [-0.2, -0.15) is 0 Å². The van der Waals surface area contributed by atoms with Gasteiger partial charge in [0, 0.05) is 6.42 Å². The molecule has 2 N–H and O–H groups in total. The van der Waals surface area contributed by atoms with Gasteiger partial charge in [0.15, 0.2) is 0 Å². The Morgan fingerprint density at radius 3 is 2.18 bits per heavy atom. The van der Waals surface area contributed by atoms with Crippen LogP contribution in [0.1, 0.15) is 71.1 Å². The first-order chi connectivity index (χ1) is 16.2. The van der Waals surface area contributed by atoms with Gasteiger partial charge in [0.2, 0.25) is 0 Å². The molecule has 0 aromatic carbocycles. The molecule has 0 aliphatic carbocycles. The molecule has 0 saturated carbocycles. The fraction of sp³-hybridized carbons (Fsp3) is 0.769. The summed E-state index contributed by atoms with van der Waals surface area (Å²) in [5, 5.41) is 19.1. The van der Waals surface area contributed by atoms with E-state index < -0.39 is 18.4 Å². The number of aliphatic carboxylic acids is 1. The molecule has 8 nitrogen and oxygen atoms in total. The van der Waals surface area contributed by atoms with Gasteiger partial charge in [0.1, 0.15) is 19.3 Å². The molecule has 0 rings (SSSR count). The number of hydrogen-bond donors (Lipinski definition) is 2. The lowest BCUT2D eigenvalue weighted by Crippen LogP contribution is -2.40. The average molecular weight is 487 g/mol. The molecule has 34 heavy (non-hydrogen) atoms. The summed E-state index contributed by atoms with van der Waals surface area (Å²) in [5.41, 5.74) is 0. The molecule has 198 valence electrons. The largest absolute Gasteiger partial charge is 0.477 e. The van der Waals surface area contributed by atoms with Crippen molar-refractivity contribution in [3.05, 3.63) is 24.3 Å². The molecule has 0 heterocycles. The van der Waals surface area contributed by atoms with Crippen molar-refractivity contribution < 1.29 is 38.5 Å². The molecule has 0 saturated heterocycles. The second-order valence-corrected chi connectivity index (χ2v) is 9.50. The summed E-state index contributed by atoms with van der Waals surface area (Å²) in [5.74, 6) is -1.63. The number of esters is 1. The minimum Gasteiger partial charge on any atom is -0.477 e. The second-order valence-electron chi connectivity index (χ2n) is 9.50. The van der Waals surface area contributed by atoms with Crippen LogP contribution >= 0.6 is 0 Å². The number of carboxylic acid groups (broad SMARTS) is 1. The van der Waals surface area contributed by atoms with Crippen molar-refractivity contribution in [1.29, 1.82) is 0 Å². The second kappa shape index (κ2) is 20.6. The molecule has 0 aliphatic rings. The summed E-state index contributed by atoms with van der Waals surface area (Å²) in [6.45, 7) is 2.47. The van der Waals surface area contributed by atoms with Gasteiger partial charge in [-0.3, -0.25) is 4.79 Å². The predicted octanol–water partition coefficient (Wildman–Crippen LogP) is 4.07. The Hall–Kier alpha value is -1.74. The van der Waals surface area contributed by atoms with Gasteiger partial charge in [-0.25, -0.2) is 4.79 Å². The van der Waals surface area contributed by atoms with Crippen LogP contribution in [0.3, 0.4) is 0 Å². The number of ether oxygens (including phenoxy) is 3. The van der Waals surface area contributed by atoms with Crippen LogP contribution in [0, 0.1) is 0 Å². The number of nitrogens with zero attached hydrogens (tertiary/aromatic N) is 1. The van der Waals surface area contributed by atoms with Gasteiger partial charge in [-0.15, -0.1) is 0 Å². The fourth-order valence-corrected chi connectivity index (χ4v) is 2.87. The summed E-state index contributed by atoms with van der Waals surface area (Å²) >= 11 is 0. The van der Waals surface area contributed by atoms with E-state index in [1.54, 1.807) is 0 Å². The molecule has 2 unspecified atom stereocenters. The number of hydrogen-bond acceptors (Lipinski definition) is 6. The van der Waals surface area contributed by atoms with E-state index in [-0.39, 0.29) is 25.8 Å². The van der Waals surface area contributed by atoms with E-state index in [4.69, 9.17) is 19.3 Å². The molecule has 0 aromatic rings. The lowest BCUT2D eigenvalue weighted by molar-refractivity contribution is -0.870. The van der Waals surface area contributed by atoms with E-state index in [1.165, 1.54) is 6.42 Å². The highest BCUT2D eigenvalue weighted by atomic mass is 16.7. The number of aliphatic hydroxyl groups excluding tert-OH is 1. The summed E-state index contributed by atoms with van der Waals surface area (Å²) < 4.78 is 16.0. The van der Waals surface area contributed by atoms with Gasteiger partial charge in [-0.1, -0.05) is 56.9 Å². The smallest absolute Gasteiger partial charge is 0.361 e. The number of quaternary nitrogens is 1. The van der Waals surface area contributed by atoms with E-state index in [9.17, 15) is 14.7 Å². The standard InChI is InChI=1S/C26H47NO7/c1-5-6-7-8-9-10-11-12-13-14-15-16-17-18-24(29)33-21-23(28)22-34-26(25(30)31)32-20-19-27(2,3)4/h7-8,10-11,23,26,28H,5-6,9,12-22H2,1-4H3/p+1/b8-7-,11-10-. The number of carbonyl (C=O) groups excluding carboxylic acids is 1. The maximum absolute atomic E-state index is 11.8. The molecule has 0 spiro atoms. The van der Waals surface area contributed by atoms with Gasteiger partial charge in [0.25, 0.3) is 6.29 Å². The summed E-state index contributed by atoms with van der Waals surface area (Å²) in [6, 6.07) is 0. The van der Waals surface area contributed by atoms with Crippen LogP contribution in [0.2, 0.25) is 0 Å². The number of carbonyl (C=O) groups is 2. The van der Waals surface area contributed by atoms with Gasteiger partial charge in [-0.05, 0) is 32.1 Å². The van der Waals surface area contributed by atoms with Gasteiger partial charge >= 0.3 is 11.9 Å². The molecule has 0 fully saturated rings. The minimum absolute atomic E-state index is 0.207. The molecular formula is C26H48NO7+. The van der Waals surface area contributed by atoms with Crippen molar-refractivity contribution in [2.24, 2.45) is 0 Å². The SMILES string of the molecule is CCC/C=C\C/C=C\CCCCCCCC(=O)OCC(O)COC(OCC[N+](C)(C)C)C(=O)O. The van der Waals surface area contributed by atoms with Crippen molar-refractivity contribution in [3.63, 3.8) is 0 Å². The number of aliphatic hydroxyl groups is 1. The Balaban J connectivity index is 3.75. The Morgan fingerprint density at radius 2 is 1.53 bits per heavy atom. The number of rotatable bonds is 22. The van der Waals surface area contributed by atoms with Crippen molar-refractivity contribution in [1.82, 2.24) is 0 Å². The molecule has 2 atom stereocenters. The Kier molecular flexibility index (Phi) is 19.6. The fourth-order valence-electron chi connectivity index (χ4n) is 2.87. The van der Waals surface area contributed by atoms with E-state index in [0.717, 1.165) is 51.4 Å². The van der Waals surface area contributed by atoms with Crippen LogP contribution in [-0.2, 0) is 23.8 Å². The zero-order valence-corrected chi connectivity index (χ0v) is 21.7. The zero-order valence-electron chi connectivity index (χ0n) is 21.7. The third-order valence-corrected chi connectivity index (χ3v) is 4.92. The van der Waals surface area contributed by atoms with Crippen molar-refractivity contribution >= 4 is 11.9 Å². The normalized spacial score (nSPS) is 14.0. The molecule has 0 radical (unpaired) electrons. The highest BCUT2D eigenvalue weighted by molar-refractivity contribution is 5.70. The zero-order chi connectivity index (χ0) is 25.7. The Morgan fingerprint density at radius 1 is 0.882 bits per heavy atom. The van der Waals surface area contributed by atoms with Gasteiger partial charge in [0.05, 0.1) is 34.4 Å². The van der Waals surface area contributed by atoms with Crippen LogP contribution < -0.4 is 0 Å². The summed E-state index contributed by atoms with van der Waals surface area (Å²) in [6.07, 6.45) is 16.2. The van der Waals surface area contributed by atoms with E-state index in [1.807, 2.05) is 21.1 Å². The first-order valence-electron chi connectivity index (χ1n) is 12.6. The van der Waals surface area contributed by atoms with Crippen LogP contribution in [0.25, 0.3) is 0 Å². The quantitative estimate of drug-likeness (QED) is 0.0782. The minimum atomic E-state index is -1.46. The molecule has 0 bridgehead atoms. The van der Waals surface area contributed by atoms with E-state index in [0.29, 0.717) is 17.4 Å². The number of unbranched alkanes of at least 4 members (excludes halogenated alkanes) is 6. The average Bonchev–Trinajstić information content (AvgIpc) is 2.76. The van der Waals surface area contributed by atoms with E-state index >= 15 is 0 Å². The molecule has 0 amide bonds.